The molecule has 1 atom stereocenters. The molecule has 0 aliphatic rings. The first-order chi connectivity index (χ1) is 7.11. The molecule has 0 spiro atoms. The van der Waals surface area contributed by atoms with E-state index in [1.54, 1.807) is 12.3 Å². The molecule has 0 radical (unpaired) electrons. The van der Waals surface area contributed by atoms with Crippen LogP contribution in [0.1, 0.15) is 25.5 Å². The van der Waals surface area contributed by atoms with Crippen LogP contribution >= 0.6 is 0 Å². The molecule has 0 aliphatic carbocycles. The summed E-state index contributed by atoms with van der Waals surface area (Å²) in [4.78, 5) is 14.6. The second-order valence-electron chi connectivity index (χ2n) is 3.38. The molecule has 0 saturated heterocycles. The Morgan fingerprint density at radius 2 is 2.33 bits per heavy atom. The molecule has 1 heterocycles. The van der Waals surface area contributed by atoms with Gasteiger partial charge in [-0.25, -0.2) is 0 Å². The molecule has 15 heavy (non-hydrogen) atoms. The Morgan fingerprint density at radius 1 is 1.60 bits per heavy atom. The highest BCUT2D eigenvalue weighted by molar-refractivity contribution is 5.67. The van der Waals surface area contributed by atoms with Crippen molar-refractivity contribution in [3.05, 3.63) is 24.0 Å². The average molecular weight is 209 g/mol. The number of rotatable bonds is 5. The van der Waals surface area contributed by atoms with E-state index in [1.165, 1.54) is 0 Å². The van der Waals surface area contributed by atoms with Crippen LogP contribution in [0.15, 0.2) is 18.3 Å². The fourth-order valence-electron chi connectivity index (χ4n) is 1.18. The quantitative estimate of drug-likeness (QED) is 0.806. The summed E-state index contributed by atoms with van der Waals surface area (Å²) in [7, 11) is 0. The van der Waals surface area contributed by atoms with E-state index >= 15 is 0 Å². The molecule has 4 heteroatoms. The van der Waals surface area contributed by atoms with Gasteiger partial charge >= 0.3 is 5.97 Å². The number of aryl methyl sites for hydroxylation is 1. The van der Waals surface area contributed by atoms with Gasteiger partial charge in [0.2, 0.25) is 0 Å². The minimum absolute atomic E-state index is 0.0182. The zero-order valence-electron chi connectivity index (χ0n) is 8.93. The van der Waals surface area contributed by atoms with Crippen molar-refractivity contribution < 1.29 is 14.6 Å². The number of pyridine rings is 1. The van der Waals surface area contributed by atoms with E-state index in [1.807, 2.05) is 19.9 Å². The standard InChI is InChI=1S/C11H15NO3/c1-3-9(6-11(13)14)15-10-5-4-8(2)12-7-10/h4-5,7,9H,3,6H2,1-2H3,(H,13,14). The second kappa shape index (κ2) is 5.34. The summed E-state index contributed by atoms with van der Waals surface area (Å²) in [5.74, 6) is -0.226. The van der Waals surface area contributed by atoms with Gasteiger partial charge in [0.1, 0.15) is 11.9 Å². The van der Waals surface area contributed by atoms with E-state index in [0.29, 0.717) is 12.2 Å². The van der Waals surface area contributed by atoms with Crippen LogP contribution in [-0.4, -0.2) is 22.2 Å². The number of hydrogen-bond donors (Lipinski definition) is 1. The zero-order chi connectivity index (χ0) is 11.3. The minimum Gasteiger partial charge on any atom is -0.488 e. The van der Waals surface area contributed by atoms with Gasteiger partial charge < -0.3 is 9.84 Å². The molecule has 0 amide bonds. The monoisotopic (exact) mass is 209 g/mol. The van der Waals surface area contributed by atoms with E-state index in [4.69, 9.17) is 9.84 Å². The van der Waals surface area contributed by atoms with Crippen LogP contribution in [-0.2, 0) is 4.79 Å². The van der Waals surface area contributed by atoms with Crippen molar-refractivity contribution in [2.75, 3.05) is 0 Å². The van der Waals surface area contributed by atoms with Crippen LogP contribution < -0.4 is 4.74 Å². The first-order valence-electron chi connectivity index (χ1n) is 4.93. The van der Waals surface area contributed by atoms with Crippen LogP contribution in [0, 0.1) is 6.92 Å². The predicted molar refractivity (Wildman–Crippen MR) is 55.9 cm³/mol. The van der Waals surface area contributed by atoms with Gasteiger partial charge in [-0.2, -0.15) is 0 Å². The fourth-order valence-corrected chi connectivity index (χ4v) is 1.18. The smallest absolute Gasteiger partial charge is 0.307 e. The summed E-state index contributed by atoms with van der Waals surface area (Å²) in [6, 6.07) is 3.63. The number of carboxylic acids is 1. The fraction of sp³-hybridized carbons (Fsp3) is 0.455. The van der Waals surface area contributed by atoms with Gasteiger partial charge in [-0.1, -0.05) is 6.92 Å². The lowest BCUT2D eigenvalue weighted by atomic mass is 10.2. The van der Waals surface area contributed by atoms with Crippen molar-refractivity contribution in [3.63, 3.8) is 0 Å². The van der Waals surface area contributed by atoms with E-state index in [-0.39, 0.29) is 12.5 Å². The summed E-state index contributed by atoms with van der Waals surface area (Å²) < 4.78 is 5.49. The number of aromatic nitrogens is 1. The summed E-state index contributed by atoms with van der Waals surface area (Å²) in [6.45, 7) is 3.79. The number of nitrogens with zero attached hydrogens (tertiary/aromatic N) is 1. The maximum Gasteiger partial charge on any atom is 0.307 e. The van der Waals surface area contributed by atoms with E-state index in [2.05, 4.69) is 4.98 Å². The summed E-state index contributed by atoms with van der Waals surface area (Å²) in [5, 5.41) is 8.64. The molecule has 0 saturated carbocycles. The summed E-state index contributed by atoms with van der Waals surface area (Å²) >= 11 is 0. The van der Waals surface area contributed by atoms with Gasteiger partial charge in [-0.05, 0) is 25.5 Å². The first kappa shape index (κ1) is 11.5. The lowest BCUT2D eigenvalue weighted by Gasteiger charge is -2.15. The molecule has 0 aliphatic heterocycles. The Kier molecular flexibility index (Phi) is 4.09. The SMILES string of the molecule is CCC(CC(=O)O)Oc1ccc(C)nc1. The van der Waals surface area contributed by atoms with Crippen LogP contribution in [0.25, 0.3) is 0 Å². The number of carboxylic acid groups (broad SMARTS) is 1. The van der Waals surface area contributed by atoms with Crippen molar-refractivity contribution >= 4 is 5.97 Å². The van der Waals surface area contributed by atoms with Gasteiger partial charge in [-0.15, -0.1) is 0 Å². The van der Waals surface area contributed by atoms with Crippen LogP contribution in [0.5, 0.6) is 5.75 Å². The van der Waals surface area contributed by atoms with Gasteiger partial charge in [0.15, 0.2) is 0 Å². The topological polar surface area (TPSA) is 59.4 Å². The van der Waals surface area contributed by atoms with Gasteiger partial charge in [-0.3, -0.25) is 9.78 Å². The van der Waals surface area contributed by atoms with Crippen molar-refractivity contribution in [1.29, 1.82) is 0 Å². The lowest BCUT2D eigenvalue weighted by molar-refractivity contribution is -0.138. The molecule has 0 fully saturated rings. The molecular weight excluding hydrogens is 194 g/mol. The Hall–Kier alpha value is -1.58. The second-order valence-corrected chi connectivity index (χ2v) is 3.38. The van der Waals surface area contributed by atoms with Gasteiger partial charge in [0.05, 0.1) is 12.6 Å². The van der Waals surface area contributed by atoms with Crippen molar-refractivity contribution in [3.8, 4) is 5.75 Å². The van der Waals surface area contributed by atoms with E-state index < -0.39 is 5.97 Å². The highest BCUT2D eigenvalue weighted by Gasteiger charge is 2.12. The Bertz CT molecular complexity index is 321. The number of carbonyl (C=O) groups is 1. The van der Waals surface area contributed by atoms with E-state index in [0.717, 1.165) is 5.69 Å². The first-order valence-corrected chi connectivity index (χ1v) is 4.93. The maximum atomic E-state index is 10.5. The maximum absolute atomic E-state index is 10.5. The van der Waals surface area contributed by atoms with Crippen LogP contribution in [0.3, 0.4) is 0 Å². The average Bonchev–Trinajstić information content (AvgIpc) is 2.19. The Labute approximate surface area is 88.9 Å². The molecule has 0 bridgehead atoms. The number of ether oxygens (including phenoxy) is 1. The number of aliphatic carboxylic acids is 1. The van der Waals surface area contributed by atoms with E-state index in [9.17, 15) is 4.79 Å². The minimum atomic E-state index is -0.845. The molecule has 1 N–H and O–H groups in total. The summed E-state index contributed by atoms with van der Waals surface area (Å²) in [6.07, 6.45) is 2.01. The Morgan fingerprint density at radius 3 is 2.80 bits per heavy atom. The Balaban J connectivity index is 2.58. The summed E-state index contributed by atoms with van der Waals surface area (Å²) in [5.41, 5.74) is 0.911. The molecule has 0 aromatic carbocycles. The molecule has 1 rings (SSSR count). The zero-order valence-corrected chi connectivity index (χ0v) is 8.93. The highest BCUT2D eigenvalue weighted by atomic mass is 16.5. The largest absolute Gasteiger partial charge is 0.488 e. The van der Waals surface area contributed by atoms with Gasteiger partial charge in [0.25, 0.3) is 0 Å². The van der Waals surface area contributed by atoms with Crippen LogP contribution in [0.2, 0.25) is 0 Å². The molecule has 1 aromatic rings. The molecular formula is C11H15NO3. The third-order valence-electron chi connectivity index (χ3n) is 2.04. The third-order valence-corrected chi connectivity index (χ3v) is 2.04. The lowest BCUT2D eigenvalue weighted by Crippen LogP contribution is -2.19. The van der Waals surface area contributed by atoms with Crippen molar-refractivity contribution in [1.82, 2.24) is 4.98 Å². The predicted octanol–water partition coefficient (Wildman–Crippen LogP) is 2.02. The normalized spacial score (nSPS) is 12.1. The highest BCUT2D eigenvalue weighted by Crippen LogP contribution is 2.14. The molecule has 82 valence electrons. The van der Waals surface area contributed by atoms with Crippen LogP contribution in [0.4, 0.5) is 0 Å². The third kappa shape index (κ3) is 3.97. The molecule has 1 aromatic heterocycles. The molecule has 1 unspecified atom stereocenters. The molecule has 4 nitrogen and oxygen atoms in total. The number of hydrogen-bond acceptors (Lipinski definition) is 3. The van der Waals surface area contributed by atoms with Crippen molar-refractivity contribution in [2.45, 2.75) is 32.8 Å². The van der Waals surface area contributed by atoms with Gasteiger partial charge in [0, 0.05) is 5.69 Å². The van der Waals surface area contributed by atoms with Crippen molar-refractivity contribution in [2.24, 2.45) is 0 Å².